The Balaban J connectivity index is 1.89. The molecule has 0 radical (unpaired) electrons. The van der Waals surface area contributed by atoms with Gasteiger partial charge in [-0.15, -0.1) is 0 Å². The minimum absolute atomic E-state index is 0.149. The third kappa shape index (κ3) is 5.67. The Bertz CT molecular complexity index is 562. The summed E-state index contributed by atoms with van der Waals surface area (Å²) in [5.41, 5.74) is 1.78. The molecule has 24 heavy (non-hydrogen) atoms. The van der Waals surface area contributed by atoms with Crippen molar-refractivity contribution < 1.29 is 4.39 Å². The molecule has 2 N–H and O–H groups in total. The average molecular weight is 353 g/mol. The van der Waals surface area contributed by atoms with Crippen LogP contribution in [0.3, 0.4) is 0 Å². The molecular formula is C18H29FN4S. The topological polar surface area (TPSA) is 39.7 Å². The second-order valence-corrected chi connectivity index (χ2v) is 7.74. The summed E-state index contributed by atoms with van der Waals surface area (Å²) in [6.45, 7) is 1.24. The molecule has 0 heterocycles. The maximum atomic E-state index is 13.9. The number of nitrogens with one attached hydrogen (secondary N) is 2. The number of nitrogens with zero attached hydrogens (tertiary/aromatic N) is 2. The first kappa shape index (κ1) is 19.1. The Morgan fingerprint density at radius 1 is 1.38 bits per heavy atom. The summed E-state index contributed by atoms with van der Waals surface area (Å²) in [5, 5.41) is 7.60. The molecule has 1 fully saturated rings. The van der Waals surface area contributed by atoms with Crippen molar-refractivity contribution in [2.24, 2.45) is 4.99 Å². The predicted molar refractivity (Wildman–Crippen MR) is 102 cm³/mol. The van der Waals surface area contributed by atoms with E-state index in [1.807, 2.05) is 42.9 Å². The lowest BCUT2D eigenvalue weighted by Crippen LogP contribution is -2.42. The van der Waals surface area contributed by atoms with Gasteiger partial charge >= 0.3 is 0 Å². The van der Waals surface area contributed by atoms with Gasteiger partial charge in [0.15, 0.2) is 5.96 Å². The van der Waals surface area contributed by atoms with Gasteiger partial charge in [0.1, 0.15) is 5.82 Å². The molecule has 1 aromatic rings. The number of halogens is 1. The molecule has 0 aromatic heterocycles. The maximum Gasteiger partial charge on any atom is 0.191 e. The van der Waals surface area contributed by atoms with Gasteiger partial charge in [-0.2, -0.15) is 11.8 Å². The number of rotatable bonds is 6. The van der Waals surface area contributed by atoms with Crippen LogP contribution in [-0.4, -0.2) is 49.6 Å². The van der Waals surface area contributed by atoms with Crippen LogP contribution in [0.1, 0.15) is 30.4 Å². The summed E-state index contributed by atoms with van der Waals surface area (Å²) in [6.07, 6.45) is 5.82. The van der Waals surface area contributed by atoms with Crippen molar-refractivity contribution in [1.82, 2.24) is 15.5 Å². The van der Waals surface area contributed by atoms with Crippen molar-refractivity contribution >= 4 is 17.7 Å². The summed E-state index contributed by atoms with van der Waals surface area (Å²) in [5.74, 6) is 0.671. The van der Waals surface area contributed by atoms with E-state index in [0.717, 1.165) is 22.3 Å². The van der Waals surface area contributed by atoms with Crippen molar-refractivity contribution in [1.29, 1.82) is 0 Å². The fraction of sp³-hybridized carbons (Fsp3) is 0.611. The van der Waals surface area contributed by atoms with Crippen LogP contribution in [0.2, 0.25) is 0 Å². The molecule has 0 saturated heterocycles. The fourth-order valence-corrected chi connectivity index (χ4v) is 3.86. The number of guanidine groups is 1. The Morgan fingerprint density at radius 3 is 2.79 bits per heavy atom. The van der Waals surface area contributed by atoms with Crippen LogP contribution in [0.4, 0.5) is 4.39 Å². The highest BCUT2D eigenvalue weighted by Crippen LogP contribution is 2.28. The zero-order chi connectivity index (χ0) is 17.5. The first-order valence-corrected chi connectivity index (χ1v) is 9.72. The Labute approximate surface area is 149 Å². The summed E-state index contributed by atoms with van der Waals surface area (Å²) in [6, 6.07) is 5.79. The lowest BCUT2D eigenvalue weighted by Gasteiger charge is -2.18. The van der Waals surface area contributed by atoms with Gasteiger partial charge < -0.3 is 15.5 Å². The standard InChI is InChI=1S/C18H29FN4S/c1-20-18(22-15-6-7-16(10-15)24-4)21-11-13-5-8-17(19)14(9-13)12-23(2)3/h5,8-9,15-16H,6-7,10-12H2,1-4H3,(H2,20,21,22). The molecular weight excluding hydrogens is 323 g/mol. The van der Waals surface area contributed by atoms with Crippen LogP contribution >= 0.6 is 11.8 Å². The van der Waals surface area contributed by atoms with E-state index in [4.69, 9.17) is 0 Å². The van der Waals surface area contributed by atoms with Gasteiger partial charge in [0.05, 0.1) is 0 Å². The van der Waals surface area contributed by atoms with Crippen molar-refractivity contribution in [2.75, 3.05) is 27.4 Å². The molecule has 2 rings (SSSR count). The minimum atomic E-state index is -0.149. The van der Waals surface area contributed by atoms with E-state index < -0.39 is 0 Å². The predicted octanol–water partition coefficient (Wildman–Crippen LogP) is 2.84. The van der Waals surface area contributed by atoms with E-state index in [1.165, 1.54) is 19.3 Å². The van der Waals surface area contributed by atoms with Crippen LogP contribution in [-0.2, 0) is 13.1 Å². The molecule has 1 saturated carbocycles. The monoisotopic (exact) mass is 352 g/mol. The van der Waals surface area contributed by atoms with E-state index in [-0.39, 0.29) is 5.82 Å². The Kier molecular flexibility index (Phi) is 7.37. The molecule has 0 spiro atoms. The summed E-state index contributed by atoms with van der Waals surface area (Å²) in [4.78, 5) is 6.28. The van der Waals surface area contributed by atoms with Crippen molar-refractivity contribution in [3.63, 3.8) is 0 Å². The van der Waals surface area contributed by atoms with Crippen LogP contribution in [0.5, 0.6) is 0 Å². The highest BCUT2D eigenvalue weighted by molar-refractivity contribution is 7.99. The fourth-order valence-electron chi connectivity index (χ4n) is 3.06. The summed E-state index contributed by atoms with van der Waals surface area (Å²) >= 11 is 1.95. The van der Waals surface area contributed by atoms with Crippen LogP contribution in [0, 0.1) is 5.82 Å². The molecule has 0 amide bonds. The van der Waals surface area contributed by atoms with E-state index >= 15 is 0 Å². The van der Waals surface area contributed by atoms with E-state index in [1.54, 1.807) is 13.1 Å². The van der Waals surface area contributed by atoms with Gasteiger partial charge in [0.25, 0.3) is 0 Å². The van der Waals surface area contributed by atoms with E-state index in [2.05, 4.69) is 21.9 Å². The highest BCUT2D eigenvalue weighted by Gasteiger charge is 2.24. The zero-order valence-electron chi connectivity index (χ0n) is 15.1. The number of benzene rings is 1. The van der Waals surface area contributed by atoms with Gasteiger partial charge in [-0.3, -0.25) is 4.99 Å². The number of thioether (sulfide) groups is 1. The molecule has 1 aliphatic rings. The van der Waals surface area contributed by atoms with Crippen molar-refractivity contribution in [3.05, 3.63) is 35.1 Å². The molecule has 2 atom stereocenters. The van der Waals surface area contributed by atoms with E-state index in [0.29, 0.717) is 19.1 Å². The number of hydrogen-bond acceptors (Lipinski definition) is 3. The van der Waals surface area contributed by atoms with Gasteiger partial charge in [-0.25, -0.2) is 4.39 Å². The zero-order valence-corrected chi connectivity index (χ0v) is 15.9. The molecule has 134 valence electrons. The first-order chi connectivity index (χ1) is 11.5. The Morgan fingerprint density at radius 2 is 2.17 bits per heavy atom. The van der Waals surface area contributed by atoms with E-state index in [9.17, 15) is 4.39 Å². The smallest absolute Gasteiger partial charge is 0.191 e. The Hall–Kier alpha value is -1.27. The lowest BCUT2D eigenvalue weighted by molar-refractivity contribution is 0.392. The first-order valence-electron chi connectivity index (χ1n) is 8.43. The summed E-state index contributed by atoms with van der Waals surface area (Å²) < 4.78 is 13.9. The average Bonchev–Trinajstić information content (AvgIpc) is 3.01. The van der Waals surface area contributed by atoms with Crippen LogP contribution in [0.15, 0.2) is 23.2 Å². The van der Waals surface area contributed by atoms with Gasteiger partial charge in [0, 0.05) is 37.0 Å². The van der Waals surface area contributed by atoms with Crippen molar-refractivity contribution in [3.8, 4) is 0 Å². The largest absolute Gasteiger partial charge is 0.354 e. The SMILES string of the molecule is CN=C(NCc1ccc(F)c(CN(C)C)c1)NC1CCC(SC)C1. The summed E-state index contributed by atoms with van der Waals surface area (Å²) in [7, 11) is 5.68. The van der Waals surface area contributed by atoms with Gasteiger partial charge in [0.2, 0.25) is 0 Å². The second kappa shape index (κ2) is 9.28. The quantitative estimate of drug-likeness (QED) is 0.610. The normalized spacial score (nSPS) is 21.3. The lowest BCUT2D eigenvalue weighted by atomic mass is 10.1. The third-order valence-corrected chi connectivity index (χ3v) is 5.43. The third-order valence-electron chi connectivity index (χ3n) is 4.34. The molecule has 0 bridgehead atoms. The molecule has 1 aromatic carbocycles. The molecule has 1 aliphatic carbocycles. The minimum Gasteiger partial charge on any atom is -0.354 e. The van der Waals surface area contributed by atoms with Crippen molar-refractivity contribution in [2.45, 2.75) is 43.6 Å². The molecule has 2 unspecified atom stereocenters. The van der Waals surface area contributed by atoms with Crippen LogP contribution in [0.25, 0.3) is 0 Å². The van der Waals surface area contributed by atoms with Gasteiger partial charge in [-0.05, 0) is 57.3 Å². The molecule has 4 nitrogen and oxygen atoms in total. The number of hydrogen-bond donors (Lipinski definition) is 2. The maximum absolute atomic E-state index is 13.9. The highest BCUT2D eigenvalue weighted by atomic mass is 32.2. The second-order valence-electron chi connectivity index (χ2n) is 6.60. The number of aliphatic imine (C=N–C) groups is 1. The van der Waals surface area contributed by atoms with Gasteiger partial charge in [-0.1, -0.05) is 6.07 Å². The molecule has 6 heteroatoms. The van der Waals surface area contributed by atoms with Crippen LogP contribution < -0.4 is 10.6 Å². The molecule has 0 aliphatic heterocycles.